The van der Waals surface area contributed by atoms with Crippen molar-refractivity contribution >= 4 is 40.1 Å². The third kappa shape index (κ3) is 5.95. The van der Waals surface area contributed by atoms with Crippen molar-refractivity contribution < 1.29 is 24.3 Å². The number of benzene rings is 5. The number of amides is 4. The van der Waals surface area contributed by atoms with Gasteiger partial charge in [-0.15, -0.1) is 0 Å². The molecule has 0 radical (unpaired) electrons. The molecule has 0 bridgehead atoms. The molecule has 1 spiro atoms. The van der Waals surface area contributed by atoms with E-state index in [1.54, 1.807) is 6.07 Å². The van der Waals surface area contributed by atoms with Gasteiger partial charge in [-0.25, -0.2) is 0 Å². The van der Waals surface area contributed by atoms with E-state index >= 15 is 0 Å². The van der Waals surface area contributed by atoms with Crippen LogP contribution in [0, 0.1) is 5.41 Å². The summed E-state index contributed by atoms with van der Waals surface area (Å²) >= 11 is 0. The number of piperidine rings is 2. The summed E-state index contributed by atoms with van der Waals surface area (Å²) < 4.78 is 0. The van der Waals surface area contributed by atoms with Gasteiger partial charge in [0.1, 0.15) is 11.8 Å². The summed E-state index contributed by atoms with van der Waals surface area (Å²) in [6.07, 6.45) is 2.62. The molecule has 0 aromatic heterocycles. The molecule has 10 heteroatoms. The van der Waals surface area contributed by atoms with Gasteiger partial charge in [0.05, 0.1) is 11.1 Å². The van der Waals surface area contributed by atoms with Gasteiger partial charge >= 0.3 is 0 Å². The molecule has 56 heavy (non-hydrogen) atoms. The Balaban J connectivity index is 0.738. The topological polar surface area (TPSA) is 114 Å². The lowest BCUT2D eigenvalue weighted by atomic mass is 9.72. The molecule has 282 valence electrons. The zero-order valence-electron chi connectivity index (χ0n) is 31.2. The van der Waals surface area contributed by atoms with Gasteiger partial charge in [0.15, 0.2) is 0 Å². The van der Waals surface area contributed by atoms with Crippen LogP contribution in [-0.2, 0) is 22.7 Å². The number of phenols is 1. The highest BCUT2D eigenvalue weighted by atomic mass is 16.3. The van der Waals surface area contributed by atoms with Crippen molar-refractivity contribution in [3.63, 3.8) is 0 Å². The largest absolute Gasteiger partial charge is 0.508 e. The lowest BCUT2D eigenvalue weighted by Gasteiger charge is -2.54. The van der Waals surface area contributed by atoms with Gasteiger partial charge in [-0.2, -0.15) is 0 Å². The number of rotatable bonds is 7. The van der Waals surface area contributed by atoms with Crippen LogP contribution >= 0.6 is 0 Å². The Labute approximate surface area is 325 Å². The maximum Gasteiger partial charge on any atom is 0.262 e. The number of fused-ring (bicyclic) bond motifs is 3. The summed E-state index contributed by atoms with van der Waals surface area (Å²) in [5.41, 5.74) is 9.15. The van der Waals surface area contributed by atoms with Crippen LogP contribution < -0.4 is 10.2 Å². The van der Waals surface area contributed by atoms with Crippen LogP contribution in [0.25, 0.3) is 33.0 Å². The molecule has 10 nitrogen and oxygen atoms in total. The standard InChI is InChI=1S/C46H43N5O5/c52-35-11-13-37-31(22-35)8-12-36(29-4-2-1-3-5-29)42(37)30-6-9-34(10-7-30)50-18-16-46(17-19-50)27-49(28-46)21-20-48-25-32-23-38-39(24-33(32)26-48)45(56)51(44(38)55)40-14-15-41(53)47-43(40)54/h1-13,22-24,40,52H,14-21,25-28H2,(H,47,53,54). The molecule has 5 aliphatic heterocycles. The summed E-state index contributed by atoms with van der Waals surface area (Å²) in [6, 6.07) is 32.1. The van der Waals surface area contributed by atoms with Gasteiger partial charge in [-0.3, -0.25) is 34.3 Å². The maximum atomic E-state index is 13.3. The number of carbonyl (C=O) groups excluding carboxylic acids is 4. The first-order chi connectivity index (χ1) is 27.2. The van der Waals surface area contributed by atoms with Crippen molar-refractivity contribution in [1.29, 1.82) is 0 Å². The van der Waals surface area contributed by atoms with Crippen LogP contribution in [0.5, 0.6) is 5.75 Å². The van der Waals surface area contributed by atoms with Gasteiger partial charge in [0.2, 0.25) is 11.8 Å². The molecule has 4 amide bonds. The number of hydrogen-bond acceptors (Lipinski definition) is 8. The molecule has 10 rings (SSSR count). The molecular weight excluding hydrogens is 703 g/mol. The van der Waals surface area contributed by atoms with Gasteiger partial charge < -0.3 is 14.9 Å². The average Bonchev–Trinajstić information content (AvgIpc) is 3.71. The monoisotopic (exact) mass is 745 g/mol. The lowest BCUT2D eigenvalue weighted by Crippen LogP contribution is -2.61. The van der Waals surface area contributed by atoms with Gasteiger partial charge in [0.25, 0.3) is 11.8 Å². The number of aromatic hydroxyl groups is 1. The van der Waals surface area contributed by atoms with Gasteiger partial charge in [-0.1, -0.05) is 60.7 Å². The summed E-state index contributed by atoms with van der Waals surface area (Å²) in [5, 5.41) is 14.6. The van der Waals surface area contributed by atoms with E-state index in [2.05, 4.69) is 80.7 Å². The SMILES string of the molecule is O=C1CCC(N2C(=O)c3cc4c(cc3C2=O)CN(CCN2CC3(CCN(c5ccc(-c6c(-c7ccccc7)ccc7cc(O)ccc67)cc5)CC3)C2)C4)C(=O)N1. The molecule has 5 heterocycles. The van der Waals surface area contributed by atoms with Crippen molar-refractivity contribution in [3.8, 4) is 28.0 Å². The van der Waals surface area contributed by atoms with E-state index in [1.807, 2.05) is 30.3 Å². The summed E-state index contributed by atoms with van der Waals surface area (Å²) in [4.78, 5) is 59.2. The Morgan fingerprint density at radius 1 is 0.696 bits per heavy atom. The van der Waals surface area contributed by atoms with E-state index in [4.69, 9.17) is 0 Å². The van der Waals surface area contributed by atoms with E-state index in [9.17, 15) is 24.3 Å². The number of nitrogens with one attached hydrogen (secondary N) is 1. The number of carbonyl (C=O) groups is 4. The number of nitrogens with zero attached hydrogens (tertiary/aromatic N) is 4. The maximum absolute atomic E-state index is 13.3. The van der Waals surface area contributed by atoms with Crippen molar-refractivity contribution in [1.82, 2.24) is 20.0 Å². The van der Waals surface area contributed by atoms with Gasteiger partial charge in [0, 0.05) is 64.5 Å². The predicted octanol–water partition coefficient (Wildman–Crippen LogP) is 6.20. The van der Waals surface area contributed by atoms with Crippen molar-refractivity contribution in [2.45, 2.75) is 44.8 Å². The third-order valence-electron chi connectivity index (χ3n) is 12.8. The zero-order chi connectivity index (χ0) is 38.1. The van der Waals surface area contributed by atoms with Crippen molar-refractivity contribution in [2.24, 2.45) is 5.41 Å². The Bertz CT molecular complexity index is 2390. The molecule has 0 aliphatic carbocycles. The molecule has 3 fully saturated rings. The van der Waals surface area contributed by atoms with Crippen molar-refractivity contribution in [3.05, 3.63) is 119 Å². The molecular formula is C46H43N5O5. The Hall–Kier alpha value is -5.84. The van der Waals surface area contributed by atoms with Crippen molar-refractivity contribution in [2.75, 3.05) is 44.2 Å². The zero-order valence-corrected chi connectivity index (χ0v) is 31.2. The van der Waals surface area contributed by atoms with Crippen LogP contribution in [0.1, 0.15) is 57.5 Å². The van der Waals surface area contributed by atoms with Gasteiger partial charge in [-0.05, 0) is 105 Å². The van der Waals surface area contributed by atoms with E-state index in [0.29, 0.717) is 16.5 Å². The molecule has 5 aromatic rings. The number of imide groups is 2. The Morgan fingerprint density at radius 3 is 2.05 bits per heavy atom. The van der Waals surface area contributed by atoms with Crippen LogP contribution in [0.15, 0.2) is 97.1 Å². The Kier molecular flexibility index (Phi) is 8.30. The smallest absolute Gasteiger partial charge is 0.262 e. The fourth-order valence-corrected chi connectivity index (χ4v) is 9.82. The molecule has 0 saturated carbocycles. The van der Waals surface area contributed by atoms with Crippen LogP contribution in [0.4, 0.5) is 5.69 Å². The quantitative estimate of drug-likeness (QED) is 0.190. The minimum atomic E-state index is -0.946. The summed E-state index contributed by atoms with van der Waals surface area (Å²) in [7, 11) is 0. The van der Waals surface area contributed by atoms with E-state index in [0.717, 1.165) is 84.7 Å². The second-order valence-corrected chi connectivity index (χ2v) is 16.3. The van der Waals surface area contributed by atoms with Crippen LogP contribution in [0.2, 0.25) is 0 Å². The predicted molar refractivity (Wildman–Crippen MR) is 214 cm³/mol. The van der Waals surface area contributed by atoms with Crippen LogP contribution in [-0.4, -0.2) is 88.7 Å². The third-order valence-corrected chi connectivity index (χ3v) is 12.8. The summed E-state index contributed by atoms with van der Waals surface area (Å²) in [6.45, 7) is 7.68. The molecule has 1 unspecified atom stereocenters. The number of anilines is 1. The first kappa shape index (κ1) is 34.6. The van der Waals surface area contributed by atoms with E-state index < -0.39 is 23.8 Å². The normalized spacial score (nSPS) is 20.8. The van der Waals surface area contributed by atoms with E-state index in [1.165, 1.54) is 35.2 Å². The second-order valence-electron chi connectivity index (χ2n) is 16.3. The fraction of sp³-hybridized carbons (Fsp3) is 0.304. The highest BCUT2D eigenvalue weighted by molar-refractivity contribution is 6.23. The molecule has 1 atom stereocenters. The first-order valence-corrected chi connectivity index (χ1v) is 19.7. The highest BCUT2D eigenvalue weighted by Gasteiger charge is 2.46. The lowest BCUT2D eigenvalue weighted by molar-refractivity contribution is -0.136. The minimum absolute atomic E-state index is 0.111. The minimum Gasteiger partial charge on any atom is -0.508 e. The fourth-order valence-electron chi connectivity index (χ4n) is 9.82. The highest BCUT2D eigenvalue weighted by Crippen LogP contribution is 2.43. The molecule has 3 saturated heterocycles. The second kappa shape index (κ2) is 13.4. The van der Waals surface area contributed by atoms with Crippen LogP contribution in [0.3, 0.4) is 0 Å². The average molecular weight is 746 g/mol. The molecule has 5 aliphatic rings. The first-order valence-electron chi connectivity index (χ1n) is 19.7. The number of hydrogen-bond donors (Lipinski definition) is 2. The number of phenolic OH excluding ortho intramolecular Hbond substituents is 1. The van der Waals surface area contributed by atoms with E-state index in [-0.39, 0.29) is 24.5 Å². The Morgan fingerprint density at radius 2 is 1.38 bits per heavy atom. The molecule has 2 N–H and O–H groups in total. The number of likely N-dealkylation sites (tertiary alicyclic amines) is 1. The summed E-state index contributed by atoms with van der Waals surface area (Å²) in [5.74, 6) is -1.59. The molecule has 5 aromatic carbocycles.